The number of carbonyl (C=O) groups excluding carboxylic acids is 1. The third-order valence-electron chi connectivity index (χ3n) is 5.59. The van der Waals surface area contributed by atoms with Crippen LogP contribution in [0, 0.1) is 6.92 Å². The smallest absolute Gasteiger partial charge is 0.264 e. The number of H-pyrrole nitrogens is 1. The second-order valence-corrected chi connectivity index (χ2v) is 9.47. The average molecular weight is 426 g/mol. The molecular formula is C22H23N3O4S. The second kappa shape index (κ2) is 7.60. The third kappa shape index (κ3) is 3.37. The van der Waals surface area contributed by atoms with Crippen molar-refractivity contribution in [1.82, 2.24) is 9.88 Å². The van der Waals surface area contributed by atoms with E-state index in [0.29, 0.717) is 24.3 Å². The van der Waals surface area contributed by atoms with E-state index in [-0.39, 0.29) is 21.8 Å². The van der Waals surface area contributed by atoms with E-state index in [1.807, 2.05) is 19.1 Å². The Hall–Kier alpha value is -3.13. The van der Waals surface area contributed by atoms with E-state index in [2.05, 4.69) is 4.98 Å². The van der Waals surface area contributed by atoms with Crippen molar-refractivity contribution in [1.29, 1.82) is 0 Å². The van der Waals surface area contributed by atoms with Crippen molar-refractivity contribution in [2.75, 3.05) is 24.4 Å². The van der Waals surface area contributed by atoms with Gasteiger partial charge in [0.15, 0.2) is 0 Å². The average Bonchev–Trinajstić information content (AvgIpc) is 3.28. The molecule has 0 aliphatic carbocycles. The number of amides is 1. The number of rotatable bonds is 4. The lowest BCUT2D eigenvalue weighted by molar-refractivity contribution is 0.0791. The maximum atomic E-state index is 13.2. The molecule has 0 atom stereocenters. The zero-order chi connectivity index (χ0) is 21.5. The summed E-state index contributed by atoms with van der Waals surface area (Å²) >= 11 is 0. The molecule has 2 aromatic carbocycles. The summed E-state index contributed by atoms with van der Waals surface area (Å²) in [6.07, 6.45) is 3.26. The highest BCUT2D eigenvalue weighted by molar-refractivity contribution is 7.92. The molecule has 0 radical (unpaired) electrons. The molecule has 8 heteroatoms. The predicted molar refractivity (Wildman–Crippen MR) is 116 cm³/mol. The molecule has 2 heterocycles. The largest absolute Gasteiger partial charge is 0.360 e. The summed E-state index contributed by atoms with van der Waals surface area (Å²) in [4.78, 5) is 30.3. The topological polar surface area (TPSA) is 90.6 Å². The predicted octanol–water partition coefficient (Wildman–Crippen LogP) is 2.90. The summed E-state index contributed by atoms with van der Waals surface area (Å²) in [5, 5.41) is 0.180. The number of aromatic amines is 1. The quantitative estimate of drug-likeness (QED) is 0.696. The lowest BCUT2D eigenvalue weighted by Gasteiger charge is -2.21. The molecule has 0 spiro atoms. The molecule has 0 unspecified atom stereocenters. The first-order valence-electron chi connectivity index (χ1n) is 9.80. The van der Waals surface area contributed by atoms with Gasteiger partial charge in [-0.2, -0.15) is 0 Å². The van der Waals surface area contributed by atoms with Crippen molar-refractivity contribution in [2.24, 2.45) is 0 Å². The monoisotopic (exact) mass is 425 g/mol. The van der Waals surface area contributed by atoms with Crippen LogP contribution in [0.25, 0.3) is 10.9 Å². The molecule has 30 heavy (non-hydrogen) atoms. The number of nitrogens with zero attached hydrogens (tertiary/aromatic N) is 2. The zero-order valence-electron chi connectivity index (χ0n) is 16.9. The minimum absolute atomic E-state index is 0.00276. The van der Waals surface area contributed by atoms with Gasteiger partial charge >= 0.3 is 0 Å². The number of aryl methyl sites for hydroxylation is 1. The number of para-hydroxylation sites is 1. The molecule has 1 fully saturated rings. The van der Waals surface area contributed by atoms with Gasteiger partial charge in [0, 0.05) is 37.2 Å². The number of sulfonamides is 1. The van der Waals surface area contributed by atoms with Crippen LogP contribution in [0.2, 0.25) is 0 Å². The number of anilines is 1. The number of carbonyl (C=O) groups is 1. The minimum atomic E-state index is -3.89. The molecule has 156 valence electrons. The SMILES string of the molecule is Cc1ccccc1N(C)S(=O)(=O)c1ccc2[nH]cc(C(=O)N3CCCC3)c(=O)c2c1. The maximum Gasteiger partial charge on any atom is 0.264 e. The van der Waals surface area contributed by atoms with Crippen molar-refractivity contribution in [2.45, 2.75) is 24.7 Å². The molecular weight excluding hydrogens is 402 g/mol. The van der Waals surface area contributed by atoms with Crippen LogP contribution in [-0.4, -0.2) is 44.3 Å². The van der Waals surface area contributed by atoms with Crippen molar-refractivity contribution in [3.05, 3.63) is 70.0 Å². The van der Waals surface area contributed by atoms with E-state index in [1.54, 1.807) is 23.1 Å². The van der Waals surface area contributed by atoms with Crippen LogP contribution in [0.15, 0.2) is 58.4 Å². The highest BCUT2D eigenvalue weighted by Crippen LogP contribution is 2.26. The van der Waals surface area contributed by atoms with Crippen LogP contribution in [-0.2, 0) is 10.0 Å². The van der Waals surface area contributed by atoms with E-state index in [4.69, 9.17) is 0 Å². The van der Waals surface area contributed by atoms with Crippen LogP contribution < -0.4 is 9.73 Å². The molecule has 3 aromatic rings. The van der Waals surface area contributed by atoms with Gasteiger partial charge in [-0.1, -0.05) is 18.2 Å². The maximum absolute atomic E-state index is 13.2. The molecule has 0 saturated carbocycles. The van der Waals surface area contributed by atoms with Crippen LogP contribution in [0.5, 0.6) is 0 Å². The van der Waals surface area contributed by atoms with Crippen molar-refractivity contribution < 1.29 is 13.2 Å². The van der Waals surface area contributed by atoms with Gasteiger partial charge in [0.2, 0.25) is 5.43 Å². The molecule has 1 amide bonds. The number of likely N-dealkylation sites (tertiary alicyclic amines) is 1. The number of hydrogen-bond donors (Lipinski definition) is 1. The van der Waals surface area contributed by atoms with E-state index in [1.165, 1.54) is 29.7 Å². The summed E-state index contributed by atoms with van der Waals surface area (Å²) in [6, 6.07) is 11.5. The second-order valence-electron chi connectivity index (χ2n) is 7.50. The lowest BCUT2D eigenvalue weighted by atomic mass is 10.1. The molecule has 4 rings (SSSR count). The van der Waals surface area contributed by atoms with Gasteiger partial charge in [0.05, 0.1) is 10.6 Å². The first kappa shape index (κ1) is 20.2. The van der Waals surface area contributed by atoms with Crippen molar-refractivity contribution in [3.63, 3.8) is 0 Å². The number of aromatic nitrogens is 1. The molecule has 1 aliphatic heterocycles. The Morgan fingerprint density at radius 1 is 1.10 bits per heavy atom. The van der Waals surface area contributed by atoms with E-state index in [0.717, 1.165) is 18.4 Å². The van der Waals surface area contributed by atoms with Crippen molar-refractivity contribution >= 4 is 32.5 Å². The summed E-state index contributed by atoms with van der Waals surface area (Å²) < 4.78 is 27.6. The summed E-state index contributed by atoms with van der Waals surface area (Å²) in [5.41, 5.74) is 1.43. The molecule has 0 bridgehead atoms. The van der Waals surface area contributed by atoms with Gasteiger partial charge in [0.1, 0.15) is 5.56 Å². The van der Waals surface area contributed by atoms with Gasteiger partial charge in [0.25, 0.3) is 15.9 Å². The minimum Gasteiger partial charge on any atom is -0.360 e. The highest BCUT2D eigenvalue weighted by atomic mass is 32.2. The lowest BCUT2D eigenvalue weighted by Crippen LogP contribution is -2.32. The summed E-state index contributed by atoms with van der Waals surface area (Å²) in [7, 11) is -2.40. The Balaban J connectivity index is 1.79. The number of nitrogens with one attached hydrogen (secondary N) is 1. The zero-order valence-corrected chi connectivity index (χ0v) is 17.7. The van der Waals surface area contributed by atoms with Crippen molar-refractivity contribution in [3.8, 4) is 0 Å². The Kier molecular flexibility index (Phi) is 5.11. The number of benzene rings is 2. The summed E-state index contributed by atoms with van der Waals surface area (Å²) in [5.74, 6) is -0.319. The Bertz CT molecular complexity index is 1290. The van der Waals surface area contributed by atoms with E-state index in [9.17, 15) is 18.0 Å². The van der Waals surface area contributed by atoms with Gasteiger partial charge in [-0.25, -0.2) is 8.42 Å². The Morgan fingerprint density at radius 3 is 2.50 bits per heavy atom. The fraction of sp³-hybridized carbons (Fsp3) is 0.273. The number of pyridine rings is 1. The number of hydrogen-bond acceptors (Lipinski definition) is 4. The van der Waals surface area contributed by atoms with Crippen LogP contribution >= 0.6 is 0 Å². The van der Waals surface area contributed by atoms with Crippen LogP contribution in [0.4, 0.5) is 5.69 Å². The van der Waals surface area contributed by atoms with E-state index >= 15 is 0 Å². The fourth-order valence-corrected chi connectivity index (χ4v) is 5.10. The molecule has 1 aliphatic rings. The standard InChI is InChI=1S/C22H23N3O4S/c1-15-7-3-4-8-20(15)24(2)30(28,29)16-9-10-19-17(13-16)21(26)18(14-23-19)22(27)25-11-5-6-12-25/h3-4,7-10,13-14H,5-6,11-12H2,1-2H3,(H,23,26). The normalized spacial score (nSPS) is 14.3. The molecule has 1 aromatic heterocycles. The molecule has 7 nitrogen and oxygen atoms in total. The third-order valence-corrected chi connectivity index (χ3v) is 7.36. The fourth-order valence-electron chi connectivity index (χ4n) is 3.81. The number of fused-ring (bicyclic) bond motifs is 1. The Labute approximate surface area is 175 Å². The van der Waals surface area contributed by atoms with Gasteiger partial charge in [-0.05, 0) is 49.6 Å². The highest BCUT2D eigenvalue weighted by Gasteiger charge is 2.25. The van der Waals surface area contributed by atoms with Crippen LogP contribution in [0.3, 0.4) is 0 Å². The Morgan fingerprint density at radius 2 is 1.80 bits per heavy atom. The van der Waals surface area contributed by atoms with Crippen LogP contribution in [0.1, 0.15) is 28.8 Å². The van der Waals surface area contributed by atoms with Gasteiger partial charge in [-0.3, -0.25) is 13.9 Å². The van der Waals surface area contributed by atoms with E-state index < -0.39 is 15.5 Å². The summed E-state index contributed by atoms with van der Waals surface area (Å²) in [6.45, 7) is 3.10. The van der Waals surface area contributed by atoms with Gasteiger partial charge in [-0.15, -0.1) is 0 Å². The molecule has 1 N–H and O–H groups in total. The first-order valence-corrected chi connectivity index (χ1v) is 11.2. The van der Waals surface area contributed by atoms with Gasteiger partial charge < -0.3 is 9.88 Å². The first-order chi connectivity index (χ1) is 14.3. The molecule has 1 saturated heterocycles.